The van der Waals surface area contributed by atoms with E-state index in [9.17, 15) is 0 Å². The van der Waals surface area contributed by atoms with Crippen molar-refractivity contribution >= 4 is 0 Å². The summed E-state index contributed by atoms with van der Waals surface area (Å²) in [5.74, 6) is 1.74. The van der Waals surface area contributed by atoms with Crippen LogP contribution in [0, 0.1) is 11.8 Å². The molecule has 2 unspecified atom stereocenters. The van der Waals surface area contributed by atoms with Gasteiger partial charge in [-0.1, -0.05) is 26.2 Å². The van der Waals surface area contributed by atoms with Gasteiger partial charge in [0.1, 0.15) is 0 Å². The van der Waals surface area contributed by atoms with Crippen molar-refractivity contribution in [1.29, 1.82) is 0 Å². The van der Waals surface area contributed by atoms with Gasteiger partial charge in [-0.15, -0.1) is 0 Å². The van der Waals surface area contributed by atoms with Crippen LogP contribution in [0.15, 0.2) is 0 Å². The van der Waals surface area contributed by atoms with E-state index in [2.05, 4.69) is 17.6 Å². The van der Waals surface area contributed by atoms with Crippen LogP contribution in [0.4, 0.5) is 0 Å². The maximum absolute atomic E-state index is 3.75. The molecule has 0 aromatic carbocycles. The highest BCUT2D eigenvalue weighted by Gasteiger charge is 2.23. The molecule has 1 saturated carbocycles. The van der Waals surface area contributed by atoms with Crippen LogP contribution in [0.25, 0.3) is 0 Å². The van der Waals surface area contributed by atoms with E-state index in [-0.39, 0.29) is 0 Å². The van der Waals surface area contributed by atoms with Crippen LogP contribution in [-0.2, 0) is 0 Å². The Kier molecular flexibility index (Phi) is 3.82. The molecule has 2 fully saturated rings. The predicted octanol–water partition coefficient (Wildman–Crippen LogP) is 1.76. The molecule has 2 rings (SSSR count). The lowest BCUT2D eigenvalue weighted by atomic mass is 9.93. The zero-order valence-corrected chi connectivity index (χ0v) is 9.39. The third-order valence-electron chi connectivity index (χ3n) is 3.95. The van der Waals surface area contributed by atoms with Gasteiger partial charge in [0.2, 0.25) is 0 Å². The Hall–Kier alpha value is -0.0800. The first-order valence-electron chi connectivity index (χ1n) is 6.30. The van der Waals surface area contributed by atoms with Gasteiger partial charge in [-0.2, -0.15) is 0 Å². The Morgan fingerprint density at radius 1 is 1.14 bits per heavy atom. The Bertz CT molecular complexity index is 164. The largest absolute Gasteiger partial charge is 0.316 e. The van der Waals surface area contributed by atoms with E-state index in [1.165, 1.54) is 51.7 Å². The average molecular weight is 196 g/mol. The molecule has 0 spiro atoms. The third kappa shape index (κ3) is 2.71. The minimum absolute atomic E-state index is 0.830. The molecule has 1 aliphatic carbocycles. The van der Waals surface area contributed by atoms with Gasteiger partial charge in [-0.25, -0.2) is 0 Å². The fourth-order valence-corrected chi connectivity index (χ4v) is 2.76. The van der Waals surface area contributed by atoms with Gasteiger partial charge in [-0.05, 0) is 44.3 Å². The number of nitrogens with one attached hydrogen (secondary N) is 2. The van der Waals surface area contributed by atoms with E-state index in [0.29, 0.717) is 0 Å². The van der Waals surface area contributed by atoms with E-state index in [1.54, 1.807) is 0 Å². The SMILES string of the molecule is CC1CNCC1CNC1CCCCC1. The van der Waals surface area contributed by atoms with Crippen molar-refractivity contribution in [1.82, 2.24) is 10.6 Å². The Morgan fingerprint density at radius 3 is 2.57 bits per heavy atom. The van der Waals surface area contributed by atoms with Gasteiger partial charge in [0.25, 0.3) is 0 Å². The van der Waals surface area contributed by atoms with Crippen LogP contribution in [0.3, 0.4) is 0 Å². The lowest BCUT2D eigenvalue weighted by molar-refractivity contribution is 0.331. The van der Waals surface area contributed by atoms with E-state index in [0.717, 1.165) is 17.9 Å². The summed E-state index contributed by atoms with van der Waals surface area (Å²) in [6, 6.07) is 0.830. The predicted molar refractivity (Wildman–Crippen MR) is 60.4 cm³/mol. The molecule has 2 N–H and O–H groups in total. The van der Waals surface area contributed by atoms with Crippen LogP contribution in [0.1, 0.15) is 39.0 Å². The standard InChI is InChI=1S/C12H24N2/c1-10-7-13-8-11(10)9-14-12-5-3-2-4-6-12/h10-14H,2-9H2,1H3. The molecule has 1 saturated heterocycles. The molecule has 0 bridgehead atoms. The monoisotopic (exact) mass is 196 g/mol. The maximum atomic E-state index is 3.75. The molecule has 1 aliphatic heterocycles. The van der Waals surface area contributed by atoms with Crippen molar-refractivity contribution in [2.24, 2.45) is 11.8 Å². The first kappa shape index (κ1) is 10.4. The summed E-state index contributed by atoms with van der Waals surface area (Å²) < 4.78 is 0. The zero-order chi connectivity index (χ0) is 9.80. The lowest BCUT2D eigenvalue weighted by Crippen LogP contribution is -2.36. The maximum Gasteiger partial charge on any atom is 0.00671 e. The summed E-state index contributed by atoms with van der Waals surface area (Å²) >= 11 is 0. The van der Waals surface area contributed by atoms with Gasteiger partial charge in [0, 0.05) is 6.04 Å². The van der Waals surface area contributed by atoms with Gasteiger partial charge < -0.3 is 10.6 Å². The van der Waals surface area contributed by atoms with E-state index in [1.807, 2.05) is 0 Å². The van der Waals surface area contributed by atoms with Gasteiger partial charge >= 0.3 is 0 Å². The van der Waals surface area contributed by atoms with Crippen molar-refractivity contribution in [3.63, 3.8) is 0 Å². The molecule has 2 atom stereocenters. The molecular formula is C12H24N2. The fraction of sp³-hybridized carbons (Fsp3) is 1.00. The Morgan fingerprint density at radius 2 is 1.93 bits per heavy atom. The molecule has 14 heavy (non-hydrogen) atoms. The highest BCUT2D eigenvalue weighted by atomic mass is 15.0. The summed E-state index contributed by atoms with van der Waals surface area (Å²) in [6.45, 7) is 6.05. The second-order valence-corrected chi connectivity index (χ2v) is 5.14. The number of hydrogen-bond acceptors (Lipinski definition) is 2. The van der Waals surface area contributed by atoms with Crippen molar-refractivity contribution in [2.75, 3.05) is 19.6 Å². The van der Waals surface area contributed by atoms with Gasteiger partial charge in [0.05, 0.1) is 0 Å². The van der Waals surface area contributed by atoms with E-state index < -0.39 is 0 Å². The van der Waals surface area contributed by atoms with Crippen molar-refractivity contribution in [3.8, 4) is 0 Å². The van der Waals surface area contributed by atoms with Crippen molar-refractivity contribution < 1.29 is 0 Å². The average Bonchev–Trinajstić information content (AvgIpc) is 2.63. The highest BCUT2D eigenvalue weighted by molar-refractivity contribution is 4.81. The minimum atomic E-state index is 0.830. The second-order valence-electron chi connectivity index (χ2n) is 5.14. The highest BCUT2D eigenvalue weighted by Crippen LogP contribution is 2.19. The summed E-state index contributed by atoms with van der Waals surface area (Å²) in [7, 11) is 0. The summed E-state index contributed by atoms with van der Waals surface area (Å²) in [4.78, 5) is 0. The van der Waals surface area contributed by atoms with Gasteiger partial charge in [0.15, 0.2) is 0 Å². The molecule has 1 heterocycles. The molecule has 82 valence electrons. The van der Waals surface area contributed by atoms with Crippen LogP contribution in [0.2, 0.25) is 0 Å². The van der Waals surface area contributed by atoms with Gasteiger partial charge in [-0.3, -0.25) is 0 Å². The van der Waals surface area contributed by atoms with E-state index in [4.69, 9.17) is 0 Å². The summed E-state index contributed by atoms with van der Waals surface area (Å²) in [5, 5.41) is 7.22. The summed E-state index contributed by atoms with van der Waals surface area (Å²) in [5.41, 5.74) is 0. The Balaban J connectivity index is 1.65. The normalized spacial score (nSPS) is 34.9. The first-order valence-corrected chi connectivity index (χ1v) is 6.30. The number of rotatable bonds is 3. The van der Waals surface area contributed by atoms with E-state index >= 15 is 0 Å². The Labute approximate surface area is 87.8 Å². The quantitative estimate of drug-likeness (QED) is 0.719. The number of hydrogen-bond donors (Lipinski definition) is 2. The van der Waals surface area contributed by atoms with Crippen LogP contribution in [0.5, 0.6) is 0 Å². The molecule has 2 aliphatic rings. The molecule has 0 aromatic heterocycles. The summed E-state index contributed by atoms with van der Waals surface area (Å²) in [6.07, 6.45) is 7.16. The first-order chi connectivity index (χ1) is 6.86. The molecular weight excluding hydrogens is 172 g/mol. The molecule has 2 nitrogen and oxygen atoms in total. The topological polar surface area (TPSA) is 24.1 Å². The molecule has 2 heteroatoms. The van der Waals surface area contributed by atoms with Crippen LogP contribution in [-0.4, -0.2) is 25.7 Å². The third-order valence-corrected chi connectivity index (χ3v) is 3.95. The smallest absolute Gasteiger partial charge is 0.00671 e. The fourth-order valence-electron chi connectivity index (χ4n) is 2.76. The van der Waals surface area contributed by atoms with Crippen molar-refractivity contribution in [2.45, 2.75) is 45.1 Å². The van der Waals surface area contributed by atoms with Crippen LogP contribution < -0.4 is 10.6 Å². The minimum Gasteiger partial charge on any atom is -0.316 e. The lowest BCUT2D eigenvalue weighted by Gasteiger charge is -2.25. The second kappa shape index (κ2) is 5.13. The van der Waals surface area contributed by atoms with Crippen LogP contribution >= 0.6 is 0 Å². The molecule has 0 amide bonds. The molecule has 0 radical (unpaired) electrons. The van der Waals surface area contributed by atoms with Crippen molar-refractivity contribution in [3.05, 3.63) is 0 Å². The molecule has 0 aromatic rings. The zero-order valence-electron chi connectivity index (χ0n) is 9.39.